The van der Waals surface area contributed by atoms with Crippen LogP contribution in [0.3, 0.4) is 0 Å². The summed E-state index contributed by atoms with van der Waals surface area (Å²) in [5, 5.41) is 11.8. The molecule has 0 spiro atoms. The second-order valence-corrected chi connectivity index (χ2v) is 3.58. The third-order valence-corrected chi connectivity index (χ3v) is 2.39. The summed E-state index contributed by atoms with van der Waals surface area (Å²) < 4.78 is 5.51. The Balaban J connectivity index is 1.96. The first-order valence-electron chi connectivity index (χ1n) is 4.96. The highest BCUT2D eigenvalue weighted by Crippen LogP contribution is 2.28. The molecule has 0 bridgehead atoms. The predicted molar refractivity (Wildman–Crippen MR) is 56.2 cm³/mol. The zero-order chi connectivity index (χ0) is 10.7. The standard InChI is InChI=1S/C11H13NO3/c13-11(14)6-5-8-7-15-10-4-2-1-3-9(10)12-8/h1-4,8,12H,5-7H2,(H,13,14). The summed E-state index contributed by atoms with van der Waals surface area (Å²) in [6, 6.07) is 7.77. The van der Waals surface area contributed by atoms with Gasteiger partial charge in [-0.25, -0.2) is 0 Å². The smallest absolute Gasteiger partial charge is 0.303 e. The molecule has 2 N–H and O–H groups in total. The largest absolute Gasteiger partial charge is 0.489 e. The molecular formula is C11H13NO3. The molecule has 1 heterocycles. The van der Waals surface area contributed by atoms with Gasteiger partial charge in [0.25, 0.3) is 0 Å². The zero-order valence-corrected chi connectivity index (χ0v) is 8.27. The van der Waals surface area contributed by atoms with Crippen LogP contribution in [0.4, 0.5) is 5.69 Å². The molecule has 0 amide bonds. The van der Waals surface area contributed by atoms with Crippen molar-refractivity contribution >= 4 is 11.7 Å². The molecular weight excluding hydrogens is 194 g/mol. The van der Waals surface area contributed by atoms with Crippen LogP contribution in [-0.4, -0.2) is 23.7 Å². The highest BCUT2D eigenvalue weighted by molar-refractivity contribution is 5.67. The van der Waals surface area contributed by atoms with Gasteiger partial charge in [-0.05, 0) is 18.6 Å². The monoisotopic (exact) mass is 207 g/mol. The Hall–Kier alpha value is -1.71. The van der Waals surface area contributed by atoms with Crippen LogP contribution >= 0.6 is 0 Å². The number of rotatable bonds is 3. The van der Waals surface area contributed by atoms with Gasteiger partial charge in [0.2, 0.25) is 0 Å². The van der Waals surface area contributed by atoms with Gasteiger partial charge in [0, 0.05) is 6.42 Å². The molecule has 0 radical (unpaired) electrons. The number of benzene rings is 1. The van der Waals surface area contributed by atoms with Gasteiger partial charge >= 0.3 is 5.97 Å². The number of fused-ring (bicyclic) bond motifs is 1. The SMILES string of the molecule is O=C(O)CCC1COc2ccccc2N1. The Morgan fingerprint density at radius 2 is 2.33 bits per heavy atom. The Morgan fingerprint density at radius 1 is 1.53 bits per heavy atom. The van der Waals surface area contributed by atoms with Gasteiger partial charge in [0.15, 0.2) is 0 Å². The fourth-order valence-corrected chi connectivity index (χ4v) is 1.62. The van der Waals surface area contributed by atoms with Crippen molar-refractivity contribution < 1.29 is 14.6 Å². The molecule has 1 aliphatic rings. The van der Waals surface area contributed by atoms with E-state index < -0.39 is 5.97 Å². The van der Waals surface area contributed by atoms with Gasteiger partial charge < -0.3 is 15.2 Å². The highest BCUT2D eigenvalue weighted by Gasteiger charge is 2.18. The molecule has 0 aromatic heterocycles. The molecule has 1 atom stereocenters. The molecule has 1 aliphatic heterocycles. The number of nitrogens with one attached hydrogen (secondary N) is 1. The maximum Gasteiger partial charge on any atom is 0.303 e. The third kappa shape index (κ3) is 2.40. The lowest BCUT2D eigenvalue weighted by atomic mass is 10.1. The molecule has 0 saturated carbocycles. The molecule has 0 fully saturated rings. The molecule has 4 heteroatoms. The van der Waals surface area contributed by atoms with Gasteiger partial charge in [-0.1, -0.05) is 12.1 Å². The van der Waals surface area contributed by atoms with Crippen molar-refractivity contribution in [2.75, 3.05) is 11.9 Å². The quantitative estimate of drug-likeness (QED) is 0.792. The van der Waals surface area contributed by atoms with Crippen LogP contribution in [0.5, 0.6) is 5.75 Å². The van der Waals surface area contributed by atoms with Crippen molar-refractivity contribution in [3.63, 3.8) is 0 Å². The van der Waals surface area contributed by atoms with Gasteiger partial charge in [-0.15, -0.1) is 0 Å². The van der Waals surface area contributed by atoms with E-state index in [0.29, 0.717) is 13.0 Å². The highest BCUT2D eigenvalue weighted by atomic mass is 16.5. The molecule has 1 aromatic rings. The number of carboxylic acids is 1. The Labute approximate surface area is 87.9 Å². The second kappa shape index (κ2) is 4.21. The van der Waals surface area contributed by atoms with Crippen LogP contribution in [-0.2, 0) is 4.79 Å². The fourth-order valence-electron chi connectivity index (χ4n) is 1.62. The Kier molecular flexibility index (Phi) is 2.76. The van der Waals surface area contributed by atoms with E-state index in [-0.39, 0.29) is 12.5 Å². The summed E-state index contributed by atoms with van der Waals surface area (Å²) in [5.41, 5.74) is 0.944. The Morgan fingerprint density at radius 3 is 3.13 bits per heavy atom. The molecule has 15 heavy (non-hydrogen) atoms. The maximum atomic E-state index is 10.4. The van der Waals surface area contributed by atoms with Crippen LogP contribution in [0.25, 0.3) is 0 Å². The molecule has 2 rings (SSSR count). The number of anilines is 1. The molecule has 1 aromatic carbocycles. The minimum absolute atomic E-state index is 0.0935. The molecule has 4 nitrogen and oxygen atoms in total. The summed E-state index contributed by atoms with van der Waals surface area (Å²) in [5.74, 6) is 0.0692. The zero-order valence-electron chi connectivity index (χ0n) is 8.27. The Bertz CT molecular complexity index is 365. The fraction of sp³-hybridized carbons (Fsp3) is 0.364. The summed E-state index contributed by atoms with van der Waals surface area (Å²) >= 11 is 0. The van der Waals surface area contributed by atoms with Gasteiger partial charge in [-0.2, -0.15) is 0 Å². The minimum Gasteiger partial charge on any atom is -0.489 e. The van der Waals surface area contributed by atoms with Crippen LogP contribution in [0, 0.1) is 0 Å². The average molecular weight is 207 g/mol. The number of ether oxygens (including phenoxy) is 1. The van der Waals surface area contributed by atoms with Crippen LogP contribution in [0.1, 0.15) is 12.8 Å². The summed E-state index contributed by atoms with van der Waals surface area (Å²) in [7, 11) is 0. The van der Waals surface area contributed by atoms with Gasteiger partial charge in [0.05, 0.1) is 11.7 Å². The topological polar surface area (TPSA) is 58.6 Å². The average Bonchev–Trinajstić information content (AvgIpc) is 2.26. The number of hydrogen-bond acceptors (Lipinski definition) is 3. The summed E-state index contributed by atoms with van der Waals surface area (Å²) in [6.45, 7) is 0.532. The van der Waals surface area contributed by atoms with E-state index >= 15 is 0 Å². The van der Waals surface area contributed by atoms with Crippen molar-refractivity contribution in [2.24, 2.45) is 0 Å². The first-order valence-corrected chi connectivity index (χ1v) is 4.96. The first kappa shape index (κ1) is 9.83. The van der Waals surface area contributed by atoms with E-state index in [1.807, 2.05) is 24.3 Å². The second-order valence-electron chi connectivity index (χ2n) is 3.58. The third-order valence-electron chi connectivity index (χ3n) is 2.39. The first-order chi connectivity index (χ1) is 7.25. The lowest BCUT2D eigenvalue weighted by Crippen LogP contribution is -2.31. The van der Waals surface area contributed by atoms with E-state index in [1.54, 1.807) is 0 Å². The van der Waals surface area contributed by atoms with Gasteiger partial charge in [-0.3, -0.25) is 4.79 Å². The minimum atomic E-state index is -0.768. The van der Waals surface area contributed by atoms with Crippen molar-refractivity contribution in [3.05, 3.63) is 24.3 Å². The van der Waals surface area contributed by atoms with E-state index in [2.05, 4.69) is 5.32 Å². The van der Waals surface area contributed by atoms with E-state index in [9.17, 15) is 4.79 Å². The molecule has 0 aliphatic carbocycles. The van der Waals surface area contributed by atoms with E-state index in [4.69, 9.17) is 9.84 Å². The lowest BCUT2D eigenvalue weighted by molar-refractivity contribution is -0.137. The number of para-hydroxylation sites is 2. The number of aliphatic carboxylic acids is 1. The lowest BCUT2D eigenvalue weighted by Gasteiger charge is -2.26. The summed E-state index contributed by atoms with van der Waals surface area (Å²) in [4.78, 5) is 10.4. The molecule has 80 valence electrons. The molecule has 1 unspecified atom stereocenters. The van der Waals surface area contributed by atoms with Crippen molar-refractivity contribution in [2.45, 2.75) is 18.9 Å². The predicted octanol–water partition coefficient (Wildman–Crippen LogP) is 1.72. The van der Waals surface area contributed by atoms with Crippen LogP contribution in [0.15, 0.2) is 24.3 Å². The van der Waals surface area contributed by atoms with Gasteiger partial charge in [0.1, 0.15) is 12.4 Å². The van der Waals surface area contributed by atoms with E-state index in [1.165, 1.54) is 0 Å². The maximum absolute atomic E-state index is 10.4. The van der Waals surface area contributed by atoms with Crippen LogP contribution < -0.4 is 10.1 Å². The van der Waals surface area contributed by atoms with Crippen molar-refractivity contribution in [1.82, 2.24) is 0 Å². The van der Waals surface area contributed by atoms with Crippen molar-refractivity contribution in [3.8, 4) is 5.75 Å². The van der Waals surface area contributed by atoms with Crippen molar-refractivity contribution in [1.29, 1.82) is 0 Å². The van der Waals surface area contributed by atoms with E-state index in [0.717, 1.165) is 11.4 Å². The normalized spacial score (nSPS) is 18.5. The molecule has 0 saturated heterocycles. The number of carboxylic acid groups (broad SMARTS) is 1. The number of carbonyl (C=O) groups is 1. The summed E-state index contributed by atoms with van der Waals surface area (Å²) in [6.07, 6.45) is 0.757. The number of hydrogen-bond donors (Lipinski definition) is 2. The van der Waals surface area contributed by atoms with Crippen LogP contribution in [0.2, 0.25) is 0 Å².